The first-order chi connectivity index (χ1) is 9.85. The van der Waals surface area contributed by atoms with E-state index in [0.29, 0.717) is 0 Å². The Morgan fingerprint density at radius 1 is 1.19 bits per heavy atom. The van der Waals surface area contributed by atoms with E-state index < -0.39 is 0 Å². The van der Waals surface area contributed by atoms with Crippen molar-refractivity contribution in [2.24, 2.45) is 0 Å². The predicted molar refractivity (Wildman–Crippen MR) is 89.7 cm³/mol. The van der Waals surface area contributed by atoms with Crippen LogP contribution in [0, 0.1) is 5.82 Å². The number of halogens is 3. The zero-order valence-electron chi connectivity index (χ0n) is 11.8. The minimum Gasteiger partial charge on any atom is -0.487 e. The molecular formula is C17H15Br2FO. The van der Waals surface area contributed by atoms with Crippen LogP contribution in [0.3, 0.4) is 0 Å². The lowest BCUT2D eigenvalue weighted by Crippen LogP contribution is -2.24. The molecule has 0 aromatic heterocycles. The molecule has 1 aliphatic heterocycles. The van der Waals surface area contributed by atoms with E-state index in [1.807, 2.05) is 12.1 Å². The highest BCUT2D eigenvalue weighted by Crippen LogP contribution is 2.40. The summed E-state index contributed by atoms with van der Waals surface area (Å²) in [6.07, 6.45) is 0.889. The van der Waals surface area contributed by atoms with Gasteiger partial charge in [-0.05, 0) is 54.8 Å². The van der Waals surface area contributed by atoms with E-state index in [1.165, 1.54) is 11.6 Å². The van der Waals surface area contributed by atoms with Gasteiger partial charge in [-0.25, -0.2) is 4.39 Å². The molecule has 0 bridgehead atoms. The van der Waals surface area contributed by atoms with Crippen LogP contribution in [0.4, 0.5) is 4.39 Å². The fourth-order valence-corrected chi connectivity index (χ4v) is 4.12. The molecule has 0 radical (unpaired) electrons. The summed E-state index contributed by atoms with van der Waals surface area (Å²) in [6.45, 7) is 4.17. The van der Waals surface area contributed by atoms with Gasteiger partial charge in [0, 0.05) is 10.9 Å². The van der Waals surface area contributed by atoms with Crippen LogP contribution in [-0.4, -0.2) is 5.60 Å². The van der Waals surface area contributed by atoms with Gasteiger partial charge in [0.1, 0.15) is 17.2 Å². The molecular weight excluding hydrogens is 399 g/mol. The van der Waals surface area contributed by atoms with Crippen molar-refractivity contribution < 1.29 is 9.13 Å². The Balaban J connectivity index is 1.97. The topological polar surface area (TPSA) is 9.23 Å². The van der Waals surface area contributed by atoms with Crippen LogP contribution < -0.4 is 4.74 Å². The van der Waals surface area contributed by atoms with Crippen molar-refractivity contribution in [1.82, 2.24) is 0 Å². The monoisotopic (exact) mass is 412 g/mol. The quantitative estimate of drug-likeness (QED) is 0.566. The predicted octanol–water partition coefficient (Wildman–Crippen LogP) is 5.79. The zero-order valence-corrected chi connectivity index (χ0v) is 15.0. The van der Waals surface area contributed by atoms with Gasteiger partial charge in [-0.2, -0.15) is 0 Å². The SMILES string of the molecule is CC1(C)Cc2cc(C(Br)c3cc(F)ccc3Br)ccc2O1. The second-order valence-corrected chi connectivity index (χ2v) is 7.70. The van der Waals surface area contributed by atoms with E-state index in [2.05, 4.69) is 51.8 Å². The molecule has 0 fully saturated rings. The maximum absolute atomic E-state index is 13.5. The van der Waals surface area contributed by atoms with Crippen molar-refractivity contribution in [3.05, 3.63) is 63.4 Å². The van der Waals surface area contributed by atoms with Gasteiger partial charge >= 0.3 is 0 Å². The third kappa shape index (κ3) is 3.02. The third-order valence-electron chi connectivity index (χ3n) is 3.61. The van der Waals surface area contributed by atoms with Crippen LogP contribution in [-0.2, 0) is 6.42 Å². The van der Waals surface area contributed by atoms with Crippen molar-refractivity contribution in [3.8, 4) is 5.75 Å². The van der Waals surface area contributed by atoms with E-state index in [-0.39, 0.29) is 16.2 Å². The molecule has 0 saturated heterocycles. The molecule has 1 unspecified atom stereocenters. The van der Waals surface area contributed by atoms with Gasteiger partial charge in [0.05, 0.1) is 4.83 Å². The van der Waals surface area contributed by atoms with Crippen LogP contribution >= 0.6 is 31.9 Å². The number of hydrogen-bond acceptors (Lipinski definition) is 1. The fraction of sp³-hybridized carbons (Fsp3) is 0.294. The lowest BCUT2D eigenvalue weighted by molar-refractivity contribution is 0.138. The first-order valence-electron chi connectivity index (χ1n) is 6.76. The molecule has 110 valence electrons. The summed E-state index contributed by atoms with van der Waals surface area (Å²) in [6, 6.07) is 10.9. The summed E-state index contributed by atoms with van der Waals surface area (Å²) in [7, 11) is 0. The molecule has 0 amide bonds. The number of rotatable bonds is 2. The highest BCUT2D eigenvalue weighted by molar-refractivity contribution is 9.11. The molecule has 0 N–H and O–H groups in total. The van der Waals surface area contributed by atoms with E-state index in [9.17, 15) is 4.39 Å². The highest BCUT2D eigenvalue weighted by Gasteiger charge is 2.30. The van der Waals surface area contributed by atoms with Gasteiger partial charge in [-0.3, -0.25) is 0 Å². The first kappa shape index (κ1) is 15.0. The van der Waals surface area contributed by atoms with E-state index in [1.54, 1.807) is 12.1 Å². The molecule has 1 aliphatic rings. The maximum Gasteiger partial charge on any atom is 0.123 e. The molecule has 0 aliphatic carbocycles. The molecule has 0 spiro atoms. The number of ether oxygens (including phenoxy) is 1. The second kappa shape index (κ2) is 5.40. The van der Waals surface area contributed by atoms with Crippen molar-refractivity contribution in [1.29, 1.82) is 0 Å². The lowest BCUT2D eigenvalue weighted by Gasteiger charge is -2.16. The van der Waals surface area contributed by atoms with Gasteiger partial charge in [0.25, 0.3) is 0 Å². The van der Waals surface area contributed by atoms with Crippen molar-refractivity contribution in [2.45, 2.75) is 30.7 Å². The fourth-order valence-electron chi connectivity index (χ4n) is 2.68. The molecule has 21 heavy (non-hydrogen) atoms. The molecule has 3 rings (SSSR count). The molecule has 4 heteroatoms. The number of alkyl halides is 1. The Bertz CT molecular complexity index is 697. The van der Waals surface area contributed by atoms with Crippen LogP contribution in [0.15, 0.2) is 40.9 Å². The molecule has 2 aromatic rings. The number of benzene rings is 2. The number of fused-ring (bicyclic) bond motifs is 1. The summed E-state index contributed by atoms with van der Waals surface area (Å²) in [5.41, 5.74) is 3.03. The summed E-state index contributed by atoms with van der Waals surface area (Å²) in [4.78, 5) is -0.0587. The Morgan fingerprint density at radius 2 is 1.95 bits per heavy atom. The van der Waals surface area contributed by atoms with Gasteiger partial charge in [-0.1, -0.05) is 44.0 Å². The Morgan fingerprint density at radius 3 is 2.71 bits per heavy atom. The van der Waals surface area contributed by atoms with E-state index in [4.69, 9.17) is 4.74 Å². The Labute approximate surface area is 140 Å². The third-order valence-corrected chi connectivity index (χ3v) is 5.35. The minimum absolute atomic E-state index is 0.0587. The van der Waals surface area contributed by atoms with Crippen LogP contribution in [0.25, 0.3) is 0 Å². The van der Waals surface area contributed by atoms with Crippen molar-refractivity contribution in [3.63, 3.8) is 0 Å². The average Bonchev–Trinajstić information content (AvgIpc) is 2.73. The Kier molecular flexibility index (Phi) is 3.87. The van der Waals surface area contributed by atoms with Gasteiger partial charge < -0.3 is 4.74 Å². The Hall–Kier alpha value is -0.870. The summed E-state index contributed by atoms with van der Waals surface area (Å²) in [5, 5.41) is 0. The molecule has 2 aromatic carbocycles. The van der Waals surface area contributed by atoms with Crippen LogP contribution in [0.1, 0.15) is 35.4 Å². The summed E-state index contributed by atoms with van der Waals surface area (Å²) >= 11 is 7.17. The average molecular weight is 414 g/mol. The van der Waals surface area contributed by atoms with E-state index in [0.717, 1.165) is 27.8 Å². The molecule has 0 saturated carbocycles. The van der Waals surface area contributed by atoms with Gasteiger partial charge in [0.15, 0.2) is 0 Å². The lowest BCUT2D eigenvalue weighted by atomic mass is 9.97. The van der Waals surface area contributed by atoms with Crippen LogP contribution in [0.2, 0.25) is 0 Å². The smallest absolute Gasteiger partial charge is 0.123 e. The van der Waals surface area contributed by atoms with E-state index >= 15 is 0 Å². The number of hydrogen-bond donors (Lipinski definition) is 0. The van der Waals surface area contributed by atoms with Gasteiger partial charge in [-0.15, -0.1) is 0 Å². The first-order valence-corrected chi connectivity index (χ1v) is 8.47. The van der Waals surface area contributed by atoms with Gasteiger partial charge in [0.2, 0.25) is 0 Å². The second-order valence-electron chi connectivity index (χ2n) is 5.93. The standard InChI is InChI=1S/C17H15Br2FO/c1-17(2)9-11-7-10(3-6-15(11)21-17)16(19)13-8-12(20)4-5-14(13)18/h3-8,16H,9H2,1-2H3. The zero-order chi connectivity index (χ0) is 15.2. The molecule has 1 heterocycles. The molecule has 1 nitrogen and oxygen atoms in total. The highest BCUT2D eigenvalue weighted by atomic mass is 79.9. The summed E-state index contributed by atoms with van der Waals surface area (Å²) in [5.74, 6) is 0.713. The minimum atomic E-state index is -0.233. The van der Waals surface area contributed by atoms with Crippen LogP contribution in [0.5, 0.6) is 5.75 Å². The normalized spacial score (nSPS) is 17.2. The summed E-state index contributed by atoms with van der Waals surface area (Å²) < 4.78 is 20.3. The maximum atomic E-state index is 13.5. The van der Waals surface area contributed by atoms with Crippen molar-refractivity contribution in [2.75, 3.05) is 0 Å². The largest absolute Gasteiger partial charge is 0.487 e. The van der Waals surface area contributed by atoms with Crippen molar-refractivity contribution >= 4 is 31.9 Å². The molecule has 1 atom stereocenters.